The first-order valence-corrected chi connectivity index (χ1v) is 8.19. The summed E-state index contributed by atoms with van der Waals surface area (Å²) in [5.74, 6) is 0. The Hall–Kier alpha value is -0.0800. The summed E-state index contributed by atoms with van der Waals surface area (Å²) >= 11 is 0. The second-order valence-corrected chi connectivity index (χ2v) is 8.40. The number of hydrogen-bond donors (Lipinski definition) is 2. The minimum absolute atomic E-state index is 0.225. The normalized spacial score (nSPS) is 24.0. The van der Waals surface area contributed by atoms with Gasteiger partial charge in [-0.1, -0.05) is 33.6 Å². The standard InChI is InChI=1S/C17H36N2/c1-14(12-15-10-8-7-9-11-18-15)19-17(5,6)13-16(2,3)4/h14-15,18-19H,7-13H2,1-6H3. The summed E-state index contributed by atoms with van der Waals surface area (Å²) in [5.41, 5.74) is 0.610. The molecular weight excluding hydrogens is 232 g/mol. The van der Waals surface area contributed by atoms with Gasteiger partial charge in [0.15, 0.2) is 0 Å². The maximum Gasteiger partial charge on any atom is 0.0132 e. The Morgan fingerprint density at radius 2 is 1.79 bits per heavy atom. The Balaban J connectivity index is 2.38. The van der Waals surface area contributed by atoms with Gasteiger partial charge in [-0.3, -0.25) is 0 Å². The van der Waals surface area contributed by atoms with E-state index in [1.807, 2.05) is 0 Å². The molecule has 0 aliphatic carbocycles. The van der Waals surface area contributed by atoms with Crippen LogP contribution < -0.4 is 10.6 Å². The average Bonchev–Trinajstić information content (AvgIpc) is 2.40. The first-order chi connectivity index (χ1) is 8.68. The Morgan fingerprint density at radius 3 is 2.42 bits per heavy atom. The van der Waals surface area contributed by atoms with Crippen LogP contribution in [0.15, 0.2) is 0 Å². The molecule has 0 amide bonds. The Morgan fingerprint density at radius 1 is 1.11 bits per heavy atom. The van der Waals surface area contributed by atoms with Gasteiger partial charge in [-0.05, 0) is 58.4 Å². The molecule has 0 radical (unpaired) electrons. The minimum atomic E-state index is 0.225. The highest BCUT2D eigenvalue weighted by molar-refractivity contribution is 4.87. The highest BCUT2D eigenvalue weighted by atomic mass is 15.0. The van der Waals surface area contributed by atoms with Crippen LogP contribution in [0.5, 0.6) is 0 Å². The molecule has 2 heteroatoms. The van der Waals surface area contributed by atoms with Gasteiger partial charge in [-0.2, -0.15) is 0 Å². The molecule has 0 spiro atoms. The SMILES string of the molecule is CC(CC1CCCCCN1)NC(C)(C)CC(C)(C)C. The van der Waals surface area contributed by atoms with Crippen molar-refractivity contribution in [1.82, 2.24) is 10.6 Å². The third kappa shape index (κ3) is 7.94. The van der Waals surface area contributed by atoms with E-state index >= 15 is 0 Å². The summed E-state index contributed by atoms with van der Waals surface area (Å²) in [6.07, 6.45) is 7.98. The summed E-state index contributed by atoms with van der Waals surface area (Å²) in [7, 11) is 0. The van der Waals surface area contributed by atoms with E-state index in [0.29, 0.717) is 11.5 Å². The molecule has 1 saturated heterocycles. The molecule has 1 aliphatic heterocycles. The predicted molar refractivity (Wildman–Crippen MR) is 85.6 cm³/mol. The lowest BCUT2D eigenvalue weighted by Crippen LogP contribution is -2.48. The molecule has 1 fully saturated rings. The molecule has 0 aromatic carbocycles. The highest BCUT2D eigenvalue weighted by Gasteiger charge is 2.27. The molecule has 19 heavy (non-hydrogen) atoms. The fraction of sp³-hybridized carbons (Fsp3) is 1.00. The topological polar surface area (TPSA) is 24.1 Å². The minimum Gasteiger partial charge on any atom is -0.314 e. The van der Waals surface area contributed by atoms with Crippen molar-refractivity contribution in [2.75, 3.05) is 6.54 Å². The van der Waals surface area contributed by atoms with Crippen LogP contribution in [-0.4, -0.2) is 24.2 Å². The fourth-order valence-electron chi connectivity index (χ4n) is 3.83. The number of rotatable bonds is 5. The zero-order valence-corrected chi connectivity index (χ0v) is 14.1. The van der Waals surface area contributed by atoms with Gasteiger partial charge in [-0.15, -0.1) is 0 Å². The van der Waals surface area contributed by atoms with Gasteiger partial charge in [0.1, 0.15) is 0 Å². The van der Waals surface area contributed by atoms with Crippen molar-refractivity contribution in [3.8, 4) is 0 Å². The van der Waals surface area contributed by atoms with E-state index in [1.165, 1.54) is 45.1 Å². The van der Waals surface area contributed by atoms with Crippen molar-refractivity contribution in [2.45, 2.75) is 97.7 Å². The van der Waals surface area contributed by atoms with Gasteiger partial charge in [0.25, 0.3) is 0 Å². The zero-order chi connectivity index (χ0) is 14.5. The molecule has 2 atom stereocenters. The van der Waals surface area contributed by atoms with Crippen molar-refractivity contribution < 1.29 is 0 Å². The van der Waals surface area contributed by atoms with Crippen molar-refractivity contribution in [3.05, 3.63) is 0 Å². The molecule has 0 aromatic rings. The summed E-state index contributed by atoms with van der Waals surface area (Å²) in [6.45, 7) is 15.2. The molecule has 0 bridgehead atoms. The summed E-state index contributed by atoms with van der Waals surface area (Å²) in [5, 5.41) is 7.55. The molecular formula is C17H36N2. The van der Waals surface area contributed by atoms with Crippen LogP contribution in [0.2, 0.25) is 0 Å². The molecule has 1 heterocycles. The van der Waals surface area contributed by atoms with Gasteiger partial charge in [-0.25, -0.2) is 0 Å². The van der Waals surface area contributed by atoms with Gasteiger partial charge in [0.2, 0.25) is 0 Å². The smallest absolute Gasteiger partial charge is 0.0132 e. The highest BCUT2D eigenvalue weighted by Crippen LogP contribution is 2.27. The van der Waals surface area contributed by atoms with E-state index in [4.69, 9.17) is 0 Å². The Kier molecular flexibility index (Phi) is 6.32. The monoisotopic (exact) mass is 268 g/mol. The Bertz CT molecular complexity index is 244. The lowest BCUT2D eigenvalue weighted by Gasteiger charge is -2.36. The molecule has 114 valence electrons. The van der Waals surface area contributed by atoms with E-state index in [9.17, 15) is 0 Å². The number of hydrogen-bond acceptors (Lipinski definition) is 2. The lowest BCUT2D eigenvalue weighted by molar-refractivity contribution is 0.217. The second-order valence-electron chi connectivity index (χ2n) is 8.40. The van der Waals surface area contributed by atoms with Crippen LogP contribution in [0, 0.1) is 5.41 Å². The van der Waals surface area contributed by atoms with Crippen LogP contribution in [0.3, 0.4) is 0 Å². The fourth-order valence-corrected chi connectivity index (χ4v) is 3.83. The molecule has 2 nitrogen and oxygen atoms in total. The van der Waals surface area contributed by atoms with E-state index in [-0.39, 0.29) is 5.54 Å². The molecule has 1 aliphatic rings. The number of nitrogens with one attached hydrogen (secondary N) is 2. The first kappa shape index (κ1) is 17.0. The third-order valence-corrected chi connectivity index (χ3v) is 3.91. The largest absolute Gasteiger partial charge is 0.314 e. The Labute approximate surface area is 121 Å². The molecule has 2 N–H and O–H groups in total. The summed E-state index contributed by atoms with van der Waals surface area (Å²) in [6, 6.07) is 1.31. The van der Waals surface area contributed by atoms with Crippen molar-refractivity contribution in [3.63, 3.8) is 0 Å². The van der Waals surface area contributed by atoms with Gasteiger partial charge in [0.05, 0.1) is 0 Å². The van der Waals surface area contributed by atoms with Crippen LogP contribution in [0.25, 0.3) is 0 Å². The quantitative estimate of drug-likeness (QED) is 0.784. The third-order valence-electron chi connectivity index (χ3n) is 3.91. The van der Waals surface area contributed by atoms with Crippen molar-refractivity contribution >= 4 is 0 Å². The first-order valence-electron chi connectivity index (χ1n) is 8.19. The molecule has 0 saturated carbocycles. The zero-order valence-electron chi connectivity index (χ0n) is 14.1. The van der Waals surface area contributed by atoms with Crippen molar-refractivity contribution in [2.24, 2.45) is 5.41 Å². The maximum atomic E-state index is 3.84. The second kappa shape index (κ2) is 7.08. The van der Waals surface area contributed by atoms with Crippen LogP contribution in [-0.2, 0) is 0 Å². The van der Waals surface area contributed by atoms with Crippen LogP contribution >= 0.6 is 0 Å². The van der Waals surface area contributed by atoms with E-state index in [0.717, 1.165) is 6.04 Å². The van der Waals surface area contributed by atoms with E-state index < -0.39 is 0 Å². The lowest BCUT2D eigenvalue weighted by atomic mass is 9.81. The average molecular weight is 268 g/mol. The van der Waals surface area contributed by atoms with Gasteiger partial charge >= 0.3 is 0 Å². The van der Waals surface area contributed by atoms with Gasteiger partial charge in [0, 0.05) is 17.6 Å². The van der Waals surface area contributed by atoms with Crippen LogP contribution in [0.1, 0.15) is 80.1 Å². The van der Waals surface area contributed by atoms with Crippen molar-refractivity contribution in [1.29, 1.82) is 0 Å². The van der Waals surface area contributed by atoms with E-state index in [1.54, 1.807) is 0 Å². The van der Waals surface area contributed by atoms with Gasteiger partial charge < -0.3 is 10.6 Å². The summed E-state index contributed by atoms with van der Waals surface area (Å²) in [4.78, 5) is 0. The molecule has 1 rings (SSSR count). The van der Waals surface area contributed by atoms with E-state index in [2.05, 4.69) is 52.2 Å². The predicted octanol–water partition coefficient (Wildman–Crippen LogP) is 4.10. The van der Waals surface area contributed by atoms with Crippen LogP contribution in [0.4, 0.5) is 0 Å². The molecule has 0 aromatic heterocycles. The summed E-state index contributed by atoms with van der Waals surface area (Å²) < 4.78 is 0. The maximum absolute atomic E-state index is 3.84. The molecule has 2 unspecified atom stereocenters.